The molecule has 24 rings (SSSR count). The molecule has 143 heavy (non-hydrogen) atoms. The molecule has 2 saturated carbocycles. The summed E-state index contributed by atoms with van der Waals surface area (Å²) in [7, 11) is 15.3. The van der Waals surface area contributed by atoms with Gasteiger partial charge in [-0.05, 0) is 154 Å². The lowest BCUT2D eigenvalue weighted by Gasteiger charge is -2.26. The highest BCUT2D eigenvalue weighted by Crippen LogP contribution is 2.45. The van der Waals surface area contributed by atoms with Gasteiger partial charge in [0.1, 0.15) is 46.2 Å². The van der Waals surface area contributed by atoms with E-state index in [2.05, 4.69) is 137 Å². The molecule has 2 aliphatic carbocycles. The van der Waals surface area contributed by atoms with Crippen molar-refractivity contribution < 1.29 is 18.3 Å². The van der Waals surface area contributed by atoms with Crippen LogP contribution in [0, 0.1) is 0 Å². The Kier molecular flexibility index (Phi) is 27.2. The smallest absolute Gasteiger partial charge is 0.421 e. The summed E-state index contributed by atoms with van der Waals surface area (Å²) in [5.41, 5.74) is 58.4. The first-order chi connectivity index (χ1) is 69.0. The van der Waals surface area contributed by atoms with Crippen molar-refractivity contribution in [1.82, 2.24) is 157 Å². The monoisotopic (exact) mass is 2000 g/mol. The number of halogens is 4. The van der Waals surface area contributed by atoms with Gasteiger partial charge in [-0.1, -0.05) is 13.0 Å². The molecule has 6 atom stereocenters. The van der Waals surface area contributed by atoms with E-state index in [4.69, 9.17) is 49.4 Å². The number of hydrogen-bond acceptors (Lipinski definition) is 30. The highest BCUT2D eigenvalue weighted by Gasteiger charge is 2.42. The Morgan fingerprint density at radius 2 is 0.825 bits per heavy atom. The van der Waals surface area contributed by atoms with Crippen LogP contribution in [0.25, 0.3) is 101 Å². The zero-order valence-electron chi connectivity index (χ0n) is 80.3. The summed E-state index contributed by atoms with van der Waals surface area (Å²) in [4.78, 5) is 30.1. The molecule has 2 saturated heterocycles. The Labute approximate surface area is 825 Å². The predicted molar refractivity (Wildman–Crippen MR) is 545 cm³/mol. The lowest BCUT2D eigenvalue weighted by atomic mass is 9.92. The largest absolute Gasteiger partial charge is 0.508 e. The molecule has 17 N–H and O–H groups in total. The number of aryl methyl sites for hydroxylation is 6. The predicted octanol–water partition coefficient (Wildman–Crippen LogP) is 12.8. The van der Waals surface area contributed by atoms with Crippen molar-refractivity contribution in [3.63, 3.8) is 0 Å². The first-order valence-electron chi connectivity index (χ1n) is 47.0. The van der Waals surface area contributed by atoms with Crippen molar-refractivity contribution in [1.29, 1.82) is 0 Å². The van der Waals surface area contributed by atoms with Crippen LogP contribution >= 0.6 is 15.9 Å². The second-order valence-electron chi connectivity index (χ2n) is 36.5. The van der Waals surface area contributed by atoms with Crippen molar-refractivity contribution in [2.24, 2.45) is 53.8 Å². The number of fused-ring (bicyclic) bond motifs is 6. The van der Waals surface area contributed by atoms with Crippen LogP contribution in [-0.4, -0.2) is 204 Å². The molecule has 20 heterocycles. The number of phenols is 1. The molecule has 738 valence electrons. The quantitative estimate of drug-likeness (QED) is 0.0400. The number of alkyl halides is 3. The third-order valence-corrected chi connectivity index (χ3v) is 26.9. The van der Waals surface area contributed by atoms with Gasteiger partial charge in [0.2, 0.25) is 0 Å². The van der Waals surface area contributed by atoms with Gasteiger partial charge < -0.3 is 65.7 Å². The zero-order chi connectivity index (χ0) is 99.8. The summed E-state index contributed by atoms with van der Waals surface area (Å²) in [6, 6.07) is 21.3. The second-order valence-corrected chi connectivity index (χ2v) is 37.3. The van der Waals surface area contributed by atoms with E-state index in [1.807, 2.05) is 152 Å². The molecule has 2 aromatic carbocycles. The molecule has 20 aromatic rings. The number of nitrogen functional groups attached to an aromatic ring is 4. The van der Waals surface area contributed by atoms with E-state index in [0.29, 0.717) is 59.4 Å². The molecular formula is C97H111BrF3N41O. The number of aromatic hydroxyl groups is 1. The van der Waals surface area contributed by atoms with Crippen LogP contribution < -0.4 is 60.6 Å². The van der Waals surface area contributed by atoms with E-state index in [1.165, 1.54) is 12.6 Å². The molecule has 18 aromatic heterocycles. The topological polar surface area (TPSA) is 516 Å². The van der Waals surface area contributed by atoms with Gasteiger partial charge in [-0.15, -0.1) is 0 Å². The minimum atomic E-state index is -4.60. The fraction of sp³-hybridized carbons (Fsp3) is 0.320. The normalized spacial score (nSPS) is 16.9. The van der Waals surface area contributed by atoms with Crippen molar-refractivity contribution in [3.05, 3.63) is 229 Å². The average Bonchev–Trinajstić information content (AvgIpc) is 1.35. The number of nitrogens with zero attached hydrogens (tertiary/aromatic N) is 31. The van der Waals surface area contributed by atoms with E-state index in [0.717, 1.165) is 227 Å². The Hall–Kier alpha value is -16.1. The third kappa shape index (κ3) is 20.1. The van der Waals surface area contributed by atoms with Gasteiger partial charge >= 0.3 is 6.18 Å². The number of rotatable bonds is 16. The minimum absolute atomic E-state index is 0.0136. The van der Waals surface area contributed by atoms with E-state index in [-0.39, 0.29) is 29.4 Å². The highest BCUT2D eigenvalue weighted by molar-refractivity contribution is 9.10. The number of aromatic nitrogens is 30. The van der Waals surface area contributed by atoms with Gasteiger partial charge in [-0.25, -0.2) is 29.9 Å². The van der Waals surface area contributed by atoms with Crippen molar-refractivity contribution >= 4 is 102 Å². The van der Waals surface area contributed by atoms with E-state index in [9.17, 15) is 18.3 Å². The fourth-order valence-electron chi connectivity index (χ4n) is 18.9. The van der Waals surface area contributed by atoms with Gasteiger partial charge in [0.05, 0.1) is 95.9 Å². The molecule has 0 spiro atoms. The number of phenolic OH excluding ortho intramolecular Hbond substituents is 1. The molecule has 46 heteroatoms. The maximum atomic E-state index is 13.7. The van der Waals surface area contributed by atoms with Crippen LogP contribution in [0.2, 0.25) is 0 Å². The van der Waals surface area contributed by atoms with Crippen LogP contribution in [0.4, 0.5) is 65.1 Å². The Morgan fingerprint density at radius 1 is 0.427 bits per heavy atom. The summed E-state index contributed by atoms with van der Waals surface area (Å²) in [6.45, 7) is 5.42. The van der Waals surface area contributed by atoms with Gasteiger partial charge in [-0.2, -0.15) is 101 Å². The van der Waals surface area contributed by atoms with Gasteiger partial charge in [0.15, 0.2) is 33.9 Å². The Bertz CT molecular complexity index is 7920. The Balaban J connectivity index is 0.000000109. The molecule has 42 nitrogen and oxygen atoms in total. The minimum Gasteiger partial charge on any atom is -0.508 e. The first kappa shape index (κ1) is 95.8. The molecule has 4 aliphatic rings. The van der Waals surface area contributed by atoms with Gasteiger partial charge in [0.25, 0.3) is 0 Å². The molecule has 0 amide bonds. The zero-order valence-corrected chi connectivity index (χ0v) is 81.8. The van der Waals surface area contributed by atoms with Crippen LogP contribution in [0.1, 0.15) is 129 Å². The highest BCUT2D eigenvalue weighted by atomic mass is 79.9. The van der Waals surface area contributed by atoms with Crippen LogP contribution in [0.15, 0.2) is 195 Å². The Morgan fingerprint density at radius 3 is 1.24 bits per heavy atom. The molecule has 2 unspecified atom stereocenters. The summed E-state index contributed by atoms with van der Waals surface area (Å²) in [5, 5.41) is 74.1. The number of nitrogens with two attached hydrogens (primary N) is 6. The van der Waals surface area contributed by atoms with Crippen LogP contribution in [-0.2, 0) is 54.9 Å². The summed E-state index contributed by atoms with van der Waals surface area (Å²) >= 11 is 3.60. The fourth-order valence-corrected chi connectivity index (χ4v) is 19.4. The van der Waals surface area contributed by atoms with Crippen molar-refractivity contribution in [2.75, 3.05) is 78.7 Å². The van der Waals surface area contributed by atoms with Crippen molar-refractivity contribution in [2.45, 2.75) is 119 Å². The molecule has 2 aliphatic heterocycles. The van der Waals surface area contributed by atoms with E-state index >= 15 is 0 Å². The summed E-state index contributed by atoms with van der Waals surface area (Å²) in [5.74, 6) is 4.12. The molecule has 4 fully saturated rings. The number of hydrogen-bond donors (Lipinski definition) is 11. The van der Waals surface area contributed by atoms with Crippen LogP contribution in [0.3, 0.4) is 0 Å². The molecule has 0 bridgehead atoms. The second kappa shape index (κ2) is 40.6. The summed E-state index contributed by atoms with van der Waals surface area (Å²) < 4.78 is 62.2. The standard InChI is InChI=1S/C18H19N7.C17H23N7.C16H18F3N7.C16H14N6O.C15H18BrN7.C15H19N7/c1-23(2)15-6-4-5-14(9-15)22-17-7-8-19-18-16(11-21-25(17)18)13-10-20-24(3)12-13;1-3-13-15(11-5-4-6-19-7-11)22-17-14(9-21-24(17)16(13)18)12-8-20-23(2)10-12;1-25-8-10(6-22-25)11-7-23-26-14(20)12(16(17,18)19)13(24-15(11)26)9-3-2-4-21-5-9;1-21-10-11(8-18-21)14-9-19-22-15(6-7-17-16(14)22)20-12-2-4-13(23)5-3-12;1-22-7-9(5-19-22)11-6-20-23-14(18)12(16)13(21-15(11)23)8-2-3-10(17)4-8;1-21-8-10(6-18-21)12-7-19-22-14(17)5-13(20-15(12)22)9-2-3-11(16)4-9/h4-12,22H,1-3H3;8-11,19H,3-7,18H2,1-2H3;6-9,21H,2-5,20H2,1H3;2-10,20,23H,1H3;5-8,10H,2-4,17-18H2,1H3;5-9,11H,2-4,16-17H2,1H3/t;;;;8-,10-;9-,11+/m....11/s1. The first-order valence-corrected chi connectivity index (χ1v) is 47.8. The average molecular weight is 2000 g/mol. The lowest BCUT2D eigenvalue weighted by Crippen LogP contribution is -2.31. The van der Waals surface area contributed by atoms with E-state index < -0.39 is 17.6 Å². The maximum Gasteiger partial charge on any atom is 0.421 e. The number of piperidine rings is 2. The van der Waals surface area contributed by atoms with Gasteiger partial charge in [-0.3, -0.25) is 28.1 Å². The molecular weight excluding hydrogens is 1890 g/mol. The van der Waals surface area contributed by atoms with Crippen molar-refractivity contribution in [3.8, 4) is 72.5 Å². The SMILES string of the molecule is CCc1c(C2CCCNC2)nc2c(-c3cnn(C)c3)cnn2c1N.CN(C)c1cccc(Nc2ccnc3c(-c4cnn(C)c4)cnn23)c1.Cn1cc(-c2cnn3c(N)c(Br)c([C@@H]4CC[C@@H](N)C4)nc23)cn1.Cn1cc(-c2cnn3c(N)c(C(F)(F)F)c(C4CCCNC4)nc23)cn1.Cn1cc(-c2cnn3c(N)cc([C@@H]4CC[C@H](N)C4)nc23)cn1.Cn1cc(-c2cnn3c(Nc4ccc(O)cc4)ccnc23)cn1. The van der Waals surface area contributed by atoms with Gasteiger partial charge in [0, 0.05) is 256 Å². The lowest BCUT2D eigenvalue weighted by molar-refractivity contribution is -0.138. The van der Waals surface area contributed by atoms with E-state index in [1.54, 1.807) is 127 Å². The number of benzene rings is 2. The number of anilines is 9. The summed E-state index contributed by atoms with van der Waals surface area (Å²) in [6.07, 6.45) is 42.3. The molecule has 0 radical (unpaired) electrons. The van der Waals surface area contributed by atoms with Crippen LogP contribution in [0.5, 0.6) is 5.75 Å². The number of nitrogens with one attached hydrogen (secondary N) is 4. The third-order valence-electron chi connectivity index (χ3n) is 26.1. The maximum absolute atomic E-state index is 13.7.